The van der Waals surface area contributed by atoms with E-state index in [-0.39, 0.29) is 12.6 Å². The molecular weight excluding hydrogens is 254 g/mol. The topological polar surface area (TPSA) is 78.8 Å². The van der Waals surface area contributed by atoms with Crippen molar-refractivity contribution in [1.82, 2.24) is 5.32 Å². The number of likely N-dealkylation sites (N-methyl/N-ethyl adjacent to an activating group) is 1. The molecule has 0 heterocycles. The van der Waals surface area contributed by atoms with Gasteiger partial charge in [-0.2, -0.15) is 11.8 Å². The minimum absolute atomic E-state index is 0.204. The maximum Gasteiger partial charge on any atom is 0.326 e. The van der Waals surface area contributed by atoms with E-state index in [0.29, 0.717) is 18.8 Å². The van der Waals surface area contributed by atoms with Crippen LogP contribution >= 0.6 is 11.8 Å². The lowest BCUT2D eigenvalue weighted by molar-refractivity contribution is -0.150. The lowest BCUT2D eigenvalue weighted by Gasteiger charge is -2.26. The molecule has 0 aliphatic heterocycles. The molecule has 0 bridgehead atoms. The van der Waals surface area contributed by atoms with Crippen LogP contribution in [0.2, 0.25) is 0 Å². The Morgan fingerprint density at radius 3 is 2.72 bits per heavy atom. The second-order valence-corrected chi connectivity index (χ2v) is 5.47. The first-order valence-corrected chi connectivity index (χ1v) is 7.38. The fourth-order valence-corrected chi connectivity index (χ4v) is 2.31. The van der Waals surface area contributed by atoms with Gasteiger partial charge < -0.3 is 20.3 Å². The van der Waals surface area contributed by atoms with Gasteiger partial charge in [0.25, 0.3) is 0 Å². The lowest BCUT2D eigenvalue weighted by Crippen LogP contribution is -2.48. The predicted molar refractivity (Wildman–Crippen MR) is 73.7 cm³/mol. The van der Waals surface area contributed by atoms with E-state index in [4.69, 9.17) is 14.9 Å². The molecule has 3 N–H and O–H groups in total. The normalized spacial score (nSPS) is 16.1. The monoisotopic (exact) mass is 279 g/mol. The third-order valence-corrected chi connectivity index (χ3v) is 3.96. The van der Waals surface area contributed by atoms with Crippen LogP contribution < -0.4 is 5.32 Å². The Balaban J connectivity index is 3.89. The van der Waals surface area contributed by atoms with Crippen molar-refractivity contribution < 1.29 is 19.7 Å². The van der Waals surface area contributed by atoms with Crippen molar-refractivity contribution in [2.75, 3.05) is 31.8 Å². The van der Waals surface area contributed by atoms with Crippen molar-refractivity contribution in [2.24, 2.45) is 0 Å². The molecule has 0 aromatic rings. The number of thioether (sulfide) groups is 1. The van der Waals surface area contributed by atoms with E-state index in [2.05, 4.69) is 5.32 Å². The standard InChI is InChI=1S/C12H25NO4S/c1-4-17-11(16)12(2,13-3)6-5-7-18-9-10(15)8-14/h10,13-15H,4-9H2,1-3H3. The van der Waals surface area contributed by atoms with E-state index in [1.54, 1.807) is 25.7 Å². The van der Waals surface area contributed by atoms with E-state index in [1.165, 1.54) is 0 Å². The molecule has 0 aliphatic rings. The summed E-state index contributed by atoms with van der Waals surface area (Å²) in [5.41, 5.74) is -0.647. The summed E-state index contributed by atoms with van der Waals surface area (Å²) in [6.07, 6.45) is 0.875. The third kappa shape index (κ3) is 6.58. The molecule has 2 atom stereocenters. The Bertz CT molecular complexity index is 240. The number of rotatable bonds is 10. The van der Waals surface area contributed by atoms with Gasteiger partial charge in [-0.15, -0.1) is 0 Å². The fourth-order valence-electron chi connectivity index (χ4n) is 1.42. The van der Waals surface area contributed by atoms with Crippen LogP contribution in [-0.2, 0) is 9.53 Å². The minimum atomic E-state index is -0.657. The maximum absolute atomic E-state index is 11.7. The van der Waals surface area contributed by atoms with Gasteiger partial charge in [0.2, 0.25) is 0 Å². The highest BCUT2D eigenvalue weighted by atomic mass is 32.2. The minimum Gasteiger partial charge on any atom is -0.465 e. The Morgan fingerprint density at radius 2 is 2.22 bits per heavy atom. The second-order valence-electron chi connectivity index (χ2n) is 4.32. The molecule has 0 aromatic carbocycles. The van der Waals surface area contributed by atoms with Gasteiger partial charge in [-0.25, -0.2) is 0 Å². The Morgan fingerprint density at radius 1 is 1.56 bits per heavy atom. The smallest absolute Gasteiger partial charge is 0.326 e. The predicted octanol–water partition coefficient (Wildman–Crippen LogP) is 0.394. The van der Waals surface area contributed by atoms with E-state index >= 15 is 0 Å². The van der Waals surface area contributed by atoms with Crippen molar-refractivity contribution in [1.29, 1.82) is 0 Å². The number of ether oxygens (including phenoxy) is 1. The Kier molecular flexibility index (Phi) is 9.45. The molecule has 0 spiro atoms. The molecule has 108 valence electrons. The lowest BCUT2D eigenvalue weighted by atomic mass is 9.97. The molecule has 6 heteroatoms. The Labute approximate surface area is 113 Å². The van der Waals surface area contributed by atoms with Crippen LogP contribution in [0.15, 0.2) is 0 Å². The molecule has 0 radical (unpaired) electrons. The zero-order valence-electron chi connectivity index (χ0n) is 11.4. The van der Waals surface area contributed by atoms with Gasteiger partial charge in [-0.05, 0) is 39.5 Å². The average molecular weight is 279 g/mol. The number of hydrogen-bond donors (Lipinski definition) is 3. The molecule has 2 unspecified atom stereocenters. The first kappa shape index (κ1) is 17.7. The van der Waals surface area contributed by atoms with E-state index in [0.717, 1.165) is 12.2 Å². The van der Waals surface area contributed by atoms with Crippen molar-refractivity contribution >= 4 is 17.7 Å². The average Bonchev–Trinajstić information content (AvgIpc) is 2.37. The van der Waals surface area contributed by atoms with Crippen molar-refractivity contribution in [3.8, 4) is 0 Å². The molecule has 18 heavy (non-hydrogen) atoms. The Hall–Kier alpha value is -0.300. The van der Waals surface area contributed by atoms with E-state index < -0.39 is 11.6 Å². The molecule has 0 rings (SSSR count). The van der Waals surface area contributed by atoms with Crippen LogP contribution in [0.4, 0.5) is 0 Å². The van der Waals surface area contributed by atoms with Gasteiger partial charge in [0.15, 0.2) is 0 Å². The zero-order chi connectivity index (χ0) is 14.0. The number of nitrogens with one attached hydrogen (secondary N) is 1. The number of aliphatic hydroxyl groups is 2. The summed E-state index contributed by atoms with van der Waals surface area (Å²) in [6, 6.07) is 0. The number of hydrogen-bond acceptors (Lipinski definition) is 6. The summed E-state index contributed by atoms with van der Waals surface area (Å²) in [4.78, 5) is 11.7. The third-order valence-electron chi connectivity index (χ3n) is 2.76. The van der Waals surface area contributed by atoms with Crippen LogP contribution in [0.3, 0.4) is 0 Å². The van der Waals surface area contributed by atoms with E-state index in [1.807, 2.05) is 6.92 Å². The number of esters is 1. The van der Waals surface area contributed by atoms with Crippen LogP contribution in [-0.4, -0.2) is 59.6 Å². The van der Waals surface area contributed by atoms with E-state index in [9.17, 15) is 4.79 Å². The molecule has 0 aromatic heterocycles. The van der Waals surface area contributed by atoms with Gasteiger partial charge in [-0.1, -0.05) is 0 Å². The molecule has 0 fully saturated rings. The van der Waals surface area contributed by atoms with Gasteiger partial charge in [0.1, 0.15) is 5.54 Å². The number of carbonyl (C=O) groups is 1. The number of aliphatic hydroxyl groups excluding tert-OH is 2. The van der Waals surface area contributed by atoms with Gasteiger partial charge >= 0.3 is 5.97 Å². The van der Waals surface area contributed by atoms with Gasteiger partial charge in [0, 0.05) is 5.75 Å². The first-order chi connectivity index (χ1) is 8.50. The summed E-state index contributed by atoms with van der Waals surface area (Å²) < 4.78 is 5.03. The summed E-state index contributed by atoms with van der Waals surface area (Å²) in [5, 5.41) is 20.8. The SMILES string of the molecule is CCOC(=O)C(C)(CCCSCC(O)CO)NC. The zero-order valence-corrected chi connectivity index (χ0v) is 12.3. The van der Waals surface area contributed by atoms with Crippen LogP contribution in [0.25, 0.3) is 0 Å². The number of carbonyl (C=O) groups excluding carboxylic acids is 1. The van der Waals surface area contributed by atoms with Crippen LogP contribution in [0, 0.1) is 0 Å². The maximum atomic E-state index is 11.7. The summed E-state index contributed by atoms with van der Waals surface area (Å²) in [6.45, 7) is 3.80. The molecule has 0 aliphatic carbocycles. The first-order valence-electron chi connectivity index (χ1n) is 6.23. The molecule has 0 saturated carbocycles. The van der Waals surface area contributed by atoms with Gasteiger partial charge in [0.05, 0.1) is 19.3 Å². The molecule has 0 saturated heterocycles. The van der Waals surface area contributed by atoms with Crippen molar-refractivity contribution in [2.45, 2.75) is 38.3 Å². The van der Waals surface area contributed by atoms with Crippen molar-refractivity contribution in [3.05, 3.63) is 0 Å². The summed E-state index contributed by atoms with van der Waals surface area (Å²) >= 11 is 1.57. The second kappa shape index (κ2) is 9.61. The largest absolute Gasteiger partial charge is 0.465 e. The highest BCUT2D eigenvalue weighted by Gasteiger charge is 2.32. The fraction of sp³-hybridized carbons (Fsp3) is 0.917. The van der Waals surface area contributed by atoms with Crippen LogP contribution in [0.5, 0.6) is 0 Å². The van der Waals surface area contributed by atoms with Crippen molar-refractivity contribution in [3.63, 3.8) is 0 Å². The summed E-state index contributed by atoms with van der Waals surface area (Å²) in [5.74, 6) is 1.13. The molecule has 5 nitrogen and oxygen atoms in total. The van der Waals surface area contributed by atoms with Crippen LogP contribution in [0.1, 0.15) is 26.7 Å². The molecular formula is C12H25NO4S. The molecule has 0 amide bonds. The highest BCUT2D eigenvalue weighted by molar-refractivity contribution is 7.99. The quantitative estimate of drug-likeness (QED) is 0.397. The summed E-state index contributed by atoms with van der Waals surface area (Å²) in [7, 11) is 1.75. The highest BCUT2D eigenvalue weighted by Crippen LogP contribution is 2.17. The van der Waals surface area contributed by atoms with Gasteiger partial charge in [-0.3, -0.25) is 4.79 Å².